The Morgan fingerprint density at radius 3 is 2.87 bits per heavy atom. The van der Waals surface area contributed by atoms with E-state index in [-0.39, 0.29) is 6.04 Å². The Bertz CT molecular complexity index is 373. The first-order chi connectivity index (χ1) is 7.17. The third-order valence-electron chi connectivity index (χ3n) is 1.92. The molecule has 0 aliphatic rings. The fourth-order valence-corrected chi connectivity index (χ4v) is 1.49. The summed E-state index contributed by atoms with van der Waals surface area (Å²) in [6.07, 6.45) is 0. The number of rotatable bonds is 4. The molecule has 0 fully saturated rings. The molecule has 0 aliphatic carbocycles. The van der Waals surface area contributed by atoms with Gasteiger partial charge in [-0.05, 0) is 25.1 Å². The number of hydrogen-bond donors (Lipinski definition) is 1. The smallest absolute Gasteiger partial charge is 0.0992 e. The molecule has 0 saturated heterocycles. The highest BCUT2D eigenvalue weighted by molar-refractivity contribution is 6.33. The molecule has 0 spiro atoms. The minimum Gasteiger partial charge on any atom is -0.383 e. The first kappa shape index (κ1) is 11.8. The predicted molar refractivity (Wildman–Crippen MR) is 61.1 cm³/mol. The second-order valence-electron chi connectivity index (χ2n) is 3.31. The molecule has 1 unspecified atom stereocenters. The van der Waals surface area contributed by atoms with E-state index in [0.717, 1.165) is 5.69 Å². The highest BCUT2D eigenvalue weighted by Gasteiger charge is 2.05. The van der Waals surface area contributed by atoms with Crippen LogP contribution in [-0.2, 0) is 4.74 Å². The number of methoxy groups -OCH3 is 1. The number of ether oxygens (including phenoxy) is 1. The van der Waals surface area contributed by atoms with Gasteiger partial charge in [0, 0.05) is 13.2 Å². The lowest BCUT2D eigenvalue weighted by Crippen LogP contribution is -2.20. The summed E-state index contributed by atoms with van der Waals surface area (Å²) in [6.45, 7) is 2.61. The largest absolute Gasteiger partial charge is 0.383 e. The van der Waals surface area contributed by atoms with Gasteiger partial charge in [-0.1, -0.05) is 11.6 Å². The van der Waals surface area contributed by atoms with Crippen LogP contribution in [0.2, 0.25) is 5.02 Å². The number of benzene rings is 1. The van der Waals surface area contributed by atoms with Gasteiger partial charge in [0.25, 0.3) is 0 Å². The molecular weight excluding hydrogens is 212 g/mol. The van der Waals surface area contributed by atoms with Crippen LogP contribution in [0, 0.1) is 11.3 Å². The van der Waals surface area contributed by atoms with Crippen molar-refractivity contribution in [2.24, 2.45) is 0 Å². The number of anilines is 1. The summed E-state index contributed by atoms with van der Waals surface area (Å²) in [7, 11) is 1.65. The molecule has 3 nitrogen and oxygen atoms in total. The maximum absolute atomic E-state index is 8.67. The Hall–Kier alpha value is -1.24. The van der Waals surface area contributed by atoms with Crippen LogP contribution in [0.25, 0.3) is 0 Å². The van der Waals surface area contributed by atoms with Crippen molar-refractivity contribution in [2.45, 2.75) is 13.0 Å². The van der Waals surface area contributed by atoms with Crippen LogP contribution in [0.3, 0.4) is 0 Å². The highest BCUT2D eigenvalue weighted by Crippen LogP contribution is 2.23. The standard InChI is InChI=1S/C11H13ClN2O/c1-8(7-15-2)14-11-4-3-9(6-13)5-10(11)12/h3-5,8,14H,7H2,1-2H3. The van der Waals surface area contributed by atoms with Crippen molar-refractivity contribution in [3.05, 3.63) is 28.8 Å². The Balaban J connectivity index is 2.74. The SMILES string of the molecule is COCC(C)Nc1ccc(C#N)cc1Cl. The maximum atomic E-state index is 8.67. The second-order valence-corrected chi connectivity index (χ2v) is 3.71. The van der Waals surface area contributed by atoms with Crippen molar-refractivity contribution in [3.63, 3.8) is 0 Å². The summed E-state index contributed by atoms with van der Waals surface area (Å²) in [4.78, 5) is 0. The zero-order valence-electron chi connectivity index (χ0n) is 8.75. The van der Waals surface area contributed by atoms with E-state index in [2.05, 4.69) is 5.32 Å². The van der Waals surface area contributed by atoms with E-state index in [1.807, 2.05) is 13.0 Å². The number of nitrogens with one attached hydrogen (secondary N) is 1. The molecule has 1 rings (SSSR count). The number of nitriles is 1. The van der Waals surface area contributed by atoms with Crippen molar-refractivity contribution >= 4 is 17.3 Å². The zero-order valence-corrected chi connectivity index (χ0v) is 9.51. The van der Waals surface area contributed by atoms with Gasteiger partial charge in [0.1, 0.15) is 0 Å². The summed E-state index contributed by atoms with van der Waals surface area (Å²) in [5, 5.41) is 12.4. The van der Waals surface area contributed by atoms with Gasteiger partial charge in [0.05, 0.1) is 28.9 Å². The van der Waals surface area contributed by atoms with E-state index in [0.29, 0.717) is 17.2 Å². The molecule has 15 heavy (non-hydrogen) atoms. The highest BCUT2D eigenvalue weighted by atomic mass is 35.5. The van der Waals surface area contributed by atoms with Crippen LogP contribution in [0.15, 0.2) is 18.2 Å². The zero-order chi connectivity index (χ0) is 11.3. The Morgan fingerprint density at radius 2 is 2.33 bits per heavy atom. The van der Waals surface area contributed by atoms with E-state index >= 15 is 0 Å². The summed E-state index contributed by atoms with van der Waals surface area (Å²) in [5.41, 5.74) is 1.38. The fraction of sp³-hybridized carbons (Fsp3) is 0.364. The predicted octanol–water partition coefficient (Wildman–Crippen LogP) is 2.66. The Labute approximate surface area is 94.6 Å². The van der Waals surface area contributed by atoms with E-state index in [9.17, 15) is 0 Å². The van der Waals surface area contributed by atoms with Gasteiger partial charge in [0.15, 0.2) is 0 Å². The molecule has 80 valence electrons. The van der Waals surface area contributed by atoms with Gasteiger partial charge >= 0.3 is 0 Å². The molecule has 0 aliphatic heterocycles. The number of hydrogen-bond acceptors (Lipinski definition) is 3. The average Bonchev–Trinajstić information content (AvgIpc) is 2.21. The van der Waals surface area contributed by atoms with Crippen LogP contribution in [-0.4, -0.2) is 19.8 Å². The van der Waals surface area contributed by atoms with Gasteiger partial charge < -0.3 is 10.1 Å². The summed E-state index contributed by atoms with van der Waals surface area (Å²) in [5.74, 6) is 0. The molecule has 0 aromatic heterocycles. The molecule has 1 aromatic carbocycles. The van der Waals surface area contributed by atoms with E-state index in [1.165, 1.54) is 0 Å². The van der Waals surface area contributed by atoms with Crippen LogP contribution in [0.1, 0.15) is 12.5 Å². The van der Waals surface area contributed by atoms with Gasteiger partial charge in [0.2, 0.25) is 0 Å². The molecule has 1 N–H and O–H groups in total. The third-order valence-corrected chi connectivity index (χ3v) is 2.23. The van der Waals surface area contributed by atoms with Crippen molar-refractivity contribution < 1.29 is 4.74 Å². The minimum absolute atomic E-state index is 0.181. The Kier molecular flexibility index (Phi) is 4.41. The number of nitrogens with zero attached hydrogens (tertiary/aromatic N) is 1. The first-order valence-electron chi connectivity index (χ1n) is 4.62. The molecule has 0 saturated carbocycles. The average molecular weight is 225 g/mol. The Morgan fingerprint density at radius 1 is 1.60 bits per heavy atom. The quantitative estimate of drug-likeness (QED) is 0.855. The molecule has 0 bridgehead atoms. The summed E-state index contributed by atoms with van der Waals surface area (Å²) in [6, 6.07) is 7.39. The first-order valence-corrected chi connectivity index (χ1v) is 5.00. The lowest BCUT2D eigenvalue weighted by atomic mass is 10.2. The lowest BCUT2D eigenvalue weighted by molar-refractivity contribution is 0.190. The molecular formula is C11H13ClN2O. The molecule has 0 amide bonds. The molecule has 0 heterocycles. The second kappa shape index (κ2) is 5.59. The van der Waals surface area contributed by atoms with Crippen molar-refractivity contribution in [3.8, 4) is 6.07 Å². The molecule has 1 atom stereocenters. The minimum atomic E-state index is 0.181. The van der Waals surface area contributed by atoms with Gasteiger partial charge in [-0.3, -0.25) is 0 Å². The topological polar surface area (TPSA) is 45.0 Å². The molecule has 1 aromatic rings. The van der Waals surface area contributed by atoms with Gasteiger partial charge in [-0.15, -0.1) is 0 Å². The lowest BCUT2D eigenvalue weighted by Gasteiger charge is -2.15. The van der Waals surface area contributed by atoms with E-state index in [4.69, 9.17) is 21.6 Å². The van der Waals surface area contributed by atoms with Crippen molar-refractivity contribution in [2.75, 3.05) is 19.0 Å². The van der Waals surface area contributed by atoms with Crippen LogP contribution in [0.5, 0.6) is 0 Å². The van der Waals surface area contributed by atoms with Crippen molar-refractivity contribution in [1.29, 1.82) is 5.26 Å². The monoisotopic (exact) mass is 224 g/mol. The van der Waals surface area contributed by atoms with Crippen molar-refractivity contribution in [1.82, 2.24) is 0 Å². The van der Waals surface area contributed by atoms with E-state index in [1.54, 1.807) is 25.3 Å². The van der Waals surface area contributed by atoms with Gasteiger partial charge in [-0.2, -0.15) is 5.26 Å². The van der Waals surface area contributed by atoms with Gasteiger partial charge in [-0.25, -0.2) is 0 Å². The normalized spacial score (nSPS) is 11.9. The third kappa shape index (κ3) is 3.43. The van der Waals surface area contributed by atoms with E-state index < -0.39 is 0 Å². The van der Waals surface area contributed by atoms with Crippen LogP contribution < -0.4 is 5.32 Å². The summed E-state index contributed by atoms with van der Waals surface area (Å²) < 4.78 is 5.00. The maximum Gasteiger partial charge on any atom is 0.0992 e. The van der Waals surface area contributed by atoms with Crippen LogP contribution in [0.4, 0.5) is 5.69 Å². The molecule has 0 radical (unpaired) electrons. The van der Waals surface area contributed by atoms with Crippen LogP contribution >= 0.6 is 11.6 Å². The fourth-order valence-electron chi connectivity index (χ4n) is 1.26. The summed E-state index contributed by atoms with van der Waals surface area (Å²) >= 11 is 6.00. The number of halogens is 1. The molecule has 4 heteroatoms.